The maximum atomic E-state index is 13.2. The highest BCUT2D eigenvalue weighted by Crippen LogP contribution is 2.34. The molecule has 212 valence electrons. The number of anilines is 2. The van der Waals surface area contributed by atoms with Crippen molar-refractivity contribution in [2.24, 2.45) is 5.92 Å². The standard InChI is InChI=1S/C30H48N4O3S/c1-5-6-7-8-9-10-11-12-19-37-23-27(20-24(2)3)33-38(35,36)28-15-13-26(14-16-28)22-34-25(4)32-29-21-31-18-17-30(29)34/h13-18,21,24-25,27,32-33H,5-12,19-20,22-23H2,1-4H3/t25?,27-/m0/s1. The minimum absolute atomic E-state index is 0.141. The molecule has 0 bridgehead atoms. The number of aromatic nitrogens is 1. The zero-order valence-corrected chi connectivity index (χ0v) is 24.6. The molecule has 0 radical (unpaired) electrons. The Bertz CT molecular complexity index is 1060. The van der Waals surface area contributed by atoms with E-state index in [-0.39, 0.29) is 17.1 Å². The van der Waals surface area contributed by atoms with E-state index < -0.39 is 10.0 Å². The highest BCUT2D eigenvalue weighted by atomic mass is 32.2. The maximum absolute atomic E-state index is 13.2. The summed E-state index contributed by atoms with van der Waals surface area (Å²) in [7, 11) is -3.64. The van der Waals surface area contributed by atoms with Crippen molar-refractivity contribution in [1.82, 2.24) is 9.71 Å². The lowest BCUT2D eigenvalue weighted by molar-refractivity contribution is 0.107. The third kappa shape index (κ3) is 9.54. The molecule has 2 aromatic rings. The summed E-state index contributed by atoms with van der Waals surface area (Å²) < 4.78 is 35.2. The predicted octanol–water partition coefficient (Wildman–Crippen LogP) is 6.71. The Hall–Kier alpha value is -2.16. The van der Waals surface area contributed by atoms with Crippen molar-refractivity contribution in [3.05, 3.63) is 48.3 Å². The molecule has 0 amide bonds. The van der Waals surface area contributed by atoms with Crippen molar-refractivity contribution in [1.29, 1.82) is 0 Å². The summed E-state index contributed by atoms with van der Waals surface area (Å²) in [6.45, 7) is 10.3. The quantitative estimate of drug-likeness (QED) is 0.203. The van der Waals surface area contributed by atoms with Crippen LogP contribution in [-0.2, 0) is 21.3 Å². The molecule has 1 aliphatic heterocycles. The molecule has 2 atom stereocenters. The fourth-order valence-corrected chi connectivity index (χ4v) is 6.26. The molecule has 1 aliphatic rings. The summed E-state index contributed by atoms with van der Waals surface area (Å²) in [5.41, 5.74) is 3.17. The van der Waals surface area contributed by atoms with Gasteiger partial charge in [-0.05, 0) is 49.4 Å². The van der Waals surface area contributed by atoms with E-state index in [1.54, 1.807) is 18.3 Å². The number of ether oxygens (including phenoxy) is 1. The first-order valence-electron chi connectivity index (χ1n) is 14.5. The Labute approximate surface area is 230 Å². The molecule has 0 saturated carbocycles. The lowest BCUT2D eigenvalue weighted by Crippen LogP contribution is -2.39. The first kappa shape index (κ1) is 30.4. The highest BCUT2D eigenvalue weighted by molar-refractivity contribution is 7.89. The number of nitrogens with one attached hydrogen (secondary N) is 2. The number of rotatable bonds is 18. The average Bonchev–Trinajstić information content (AvgIpc) is 3.19. The topological polar surface area (TPSA) is 83.6 Å². The van der Waals surface area contributed by atoms with Crippen molar-refractivity contribution in [2.45, 2.75) is 109 Å². The van der Waals surface area contributed by atoms with Crippen LogP contribution in [-0.4, -0.2) is 38.8 Å². The summed E-state index contributed by atoms with van der Waals surface area (Å²) >= 11 is 0. The second kappa shape index (κ2) is 15.4. The molecule has 3 rings (SSSR count). The monoisotopic (exact) mass is 544 g/mol. The molecule has 0 spiro atoms. The van der Waals surface area contributed by atoms with Crippen LogP contribution in [0.1, 0.15) is 91.0 Å². The molecule has 2 heterocycles. The second-order valence-corrected chi connectivity index (χ2v) is 12.7. The Morgan fingerprint density at radius 3 is 2.39 bits per heavy atom. The third-order valence-electron chi connectivity index (χ3n) is 7.06. The van der Waals surface area contributed by atoms with Crippen LogP contribution in [0.15, 0.2) is 47.6 Å². The van der Waals surface area contributed by atoms with E-state index >= 15 is 0 Å². The molecule has 1 unspecified atom stereocenters. The zero-order chi connectivity index (χ0) is 27.4. The molecule has 38 heavy (non-hydrogen) atoms. The smallest absolute Gasteiger partial charge is 0.240 e. The van der Waals surface area contributed by atoms with Crippen molar-refractivity contribution in [3.8, 4) is 0 Å². The molecular formula is C30H48N4O3S. The van der Waals surface area contributed by atoms with Gasteiger partial charge in [-0.15, -0.1) is 0 Å². The van der Waals surface area contributed by atoms with E-state index in [1.807, 2.05) is 24.4 Å². The van der Waals surface area contributed by atoms with E-state index in [4.69, 9.17) is 4.74 Å². The Balaban J connectivity index is 1.48. The third-order valence-corrected chi connectivity index (χ3v) is 8.60. The van der Waals surface area contributed by atoms with Crippen LogP contribution >= 0.6 is 0 Å². The van der Waals surface area contributed by atoms with Gasteiger partial charge in [0.05, 0.1) is 35.2 Å². The van der Waals surface area contributed by atoms with Crippen molar-refractivity contribution >= 4 is 21.4 Å². The number of nitrogens with zero attached hydrogens (tertiary/aromatic N) is 2. The largest absolute Gasteiger partial charge is 0.380 e. The number of pyridine rings is 1. The Morgan fingerprint density at radius 2 is 1.71 bits per heavy atom. The van der Waals surface area contributed by atoms with Gasteiger partial charge in [0.2, 0.25) is 10.0 Å². The molecule has 8 heteroatoms. The zero-order valence-electron chi connectivity index (χ0n) is 23.8. The van der Waals surface area contributed by atoms with Crippen LogP contribution < -0.4 is 14.9 Å². The van der Waals surface area contributed by atoms with Crippen LogP contribution in [0, 0.1) is 5.92 Å². The van der Waals surface area contributed by atoms with E-state index in [2.05, 4.69) is 47.6 Å². The van der Waals surface area contributed by atoms with E-state index in [9.17, 15) is 8.42 Å². The van der Waals surface area contributed by atoms with Gasteiger partial charge >= 0.3 is 0 Å². The molecule has 0 aliphatic carbocycles. The number of fused-ring (bicyclic) bond motifs is 1. The lowest BCUT2D eigenvalue weighted by atomic mass is 10.1. The summed E-state index contributed by atoms with van der Waals surface area (Å²) in [6, 6.07) is 8.96. The minimum Gasteiger partial charge on any atom is -0.380 e. The van der Waals surface area contributed by atoms with Crippen LogP contribution in [0.2, 0.25) is 0 Å². The summed E-state index contributed by atoms with van der Waals surface area (Å²) in [5.74, 6) is 0.367. The molecular weight excluding hydrogens is 496 g/mol. The minimum atomic E-state index is -3.64. The molecule has 0 fully saturated rings. The van der Waals surface area contributed by atoms with Gasteiger partial charge in [0.15, 0.2) is 0 Å². The summed E-state index contributed by atoms with van der Waals surface area (Å²) in [4.78, 5) is 6.73. The lowest BCUT2D eigenvalue weighted by Gasteiger charge is -2.24. The van der Waals surface area contributed by atoms with Crippen LogP contribution in [0.5, 0.6) is 0 Å². The van der Waals surface area contributed by atoms with Gasteiger partial charge in [0, 0.05) is 25.4 Å². The normalized spacial score (nSPS) is 16.0. The fraction of sp³-hybridized carbons (Fsp3) is 0.633. The van der Waals surface area contributed by atoms with Gasteiger partial charge in [0.25, 0.3) is 0 Å². The van der Waals surface area contributed by atoms with Gasteiger partial charge in [-0.2, -0.15) is 0 Å². The van der Waals surface area contributed by atoms with Crippen molar-refractivity contribution in [2.75, 3.05) is 23.4 Å². The van der Waals surface area contributed by atoms with E-state index in [0.717, 1.165) is 29.8 Å². The Kier molecular flexibility index (Phi) is 12.3. The van der Waals surface area contributed by atoms with Gasteiger partial charge in [-0.1, -0.05) is 77.8 Å². The van der Waals surface area contributed by atoms with Crippen LogP contribution in [0.3, 0.4) is 0 Å². The van der Waals surface area contributed by atoms with Gasteiger partial charge < -0.3 is 15.0 Å². The average molecular weight is 545 g/mol. The van der Waals surface area contributed by atoms with Gasteiger partial charge in [0.1, 0.15) is 0 Å². The van der Waals surface area contributed by atoms with E-state index in [1.165, 1.54) is 44.9 Å². The first-order chi connectivity index (χ1) is 18.3. The molecule has 0 saturated heterocycles. The number of unbranched alkanes of at least 4 members (excludes halogenated alkanes) is 7. The molecule has 2 N–H and O–H groups in total. The van der Waals surface area contributed by atoms with Gasteiger partial charge in [-0.25, -0.2) is 13.1 Å². The van der Waals surface area contributed by atoms with Crippen LogP contribution in [0.25, 0.3) is 0 Å². The number of benzene rings is 1. The van der Waals surface area contributed by atoms with E-state index in [0.29, 0.717) is 25.7 Å². The predicted molar refractivity (Wildman–Crippen MR) is 157 cm³/mol. The fourth-order valence-electron chi connectivity index (χ4n) is 5.02. The summed E-state index contributed by atoms with van der Waals surface area (Å²) in [6.07, 6.45) is 14.5. The summed E-state index contributed by atoms with van der Waals surface area (Å²) in [5, 5.41) is 3.43. The SMILES string of the molecule is CCCCCCCCCCOC[C@H](CC(C)C)NS(=O)(=O)c1ccc(CN2c3ccncc3NC2C)cc1. The Morgan fingerprint density at radius 1 is 1.03 bits per heavy atom. The maximum Gasteiger partial charge on any atom is 0.240 e. The highest BCUT2D eigenvalue weighted by Gasteiger charge is 2.26. The number of hydrogen-bond donors (Lipinski definition) is 2. The second-order valence-electron chi connectivity index (χ2n) is 11.0. The molecule has 1 aromatic heterocycles. The molecule has 1 aromatic carbocycles. The first-order valence-corrected chi connectivity index (χ1v) is 15.9. The van der Waals surface area contributed by atoms with Crippen LogP contribution in [0.4, 0.5) is 11.4 Å². The van der Waals surface area contributed by atoms with Crippen molar-refractivity contribution < 1.29 is 13.2 Å². The van der Waals surface area contributed by atoms with Crippen molar-refractivity contribution in [3.63, 3.8) is 0 Å². The molecule has 7 nitrogen and oxygen atoms in total. The number of hydrogen-bond acceptors (Lipinski definition) is 6. The number of sulfonamides is 1. The van der Waals surface area contributed by atoms with Gasteiger partial charge in [-0.3, -0.25) is 4.98 Å².